The molecule has 0 saturated carbocycles. The molecule has 41 heavy (non-hydrogen) atoms. The summed E-state index contributed by atoms with van der Waals surface area (Å²) in [5.41, 5.74) is 6.78. The number of ether oxygens (including phenoxy) is 2. The van der Waals surface area contributed by atoms with Crippen LogP contribution in [0.2, 0.25) is 0 Å². The van der Waals surface area contributed by atoms with Crippen molar-refractivity contribution in [1.82, 2.24) is 0 Å². The van der Waals surface area contributed by atoms with E-state index in [-0.39, 0.29) is 11.0 Å². The minimum absolute atomic E-state index is 0.130. The average Bonchev–Trinajstić information content (AvgIpc) is 2.89. The minimum atomic E-state index is -1.95. The summed E-state index contributed by atoms with van der Waals surface area (Å²) in [6.07, 6.45) is 6.25. The van der Waals surface area contributed by atoms with Crippen LogP contribution in [0.25, 0.3) is 0 Å². The summed E-state index contributed by atoms with van der Waals surface area (Å²) < 4.78 is 12.4. The summed E-state index contributed by atoms with van der Waals surface area (Å²) in [6, 6.07) is 13.8. The highest BCUT2D eigenvalue weighted by atomic mass is 31.1. The first-order chi connectivity index (χ1) is 19.6. The number of aryl methyl sites for hydroxylation is 6. The van der Waals surface area contributed by atoms with Crippen LogP contribution >= 0.6 is 7.92 Å². The highest BCUT2D eigenvalue weighted by molar-refractivity contribution is 7.96. The molecule has 220 valence electrons. The van der Waals surface area contributed by atoms with Crippen molar-refractivity contribution < 1.29 is 19.1 Å². The molecular formula is C36H47O4P. The van der Waals surface area contributed by atoms with Crippen LogP contribution in [0.15, 0.2) is 42.5 Å². The number of rotatable bonds is 15. The van der Waals surface area contributed by atoms with E-state index in [1.807, 2.05) is 84.0 Å². The molecule has 0 spiro atoms. The first-order valence-electron chi connectivity index (χ1n) is 15.0. The Hall–Kier alpha value is -2.97. The van der Waals surface area contributed by atoms with E-state index in [1.54, 1.807) is 0 Å². The molecule has 5 heteroatoms. The molecule has 0 radical (unpaired) electrons. The van der Waals surface area contributed by atoms with Crippen LogP contribution in [0.4, 0.5) is 0 Å². The Morgan fingerprint density at radius 1 is 0.610 bits per heavy atom. The number of unbranched alkanes of at least 4 members (excludes halogenated alkanes) is 4. The Morgan fingerprint density at radius 2 is 1.05 bits per heavy atom. The molecule has 0 aliphatic carbocycles. The van der Waals surface area contributed by atoms with Crippen LogP contribution in [0.1, 0.15) is 106 Å². The van der Waals surface area contributed by atoms with Gasteiger partial charge >= 0.3 is 0 Å². The predicted octanol–water partition coefficient (Wildman–Crippen LogP) is 9.46. The lowest BCUT2D eigenvalue weighted by Crippen LogP contribution is -2.21. The first kappa shape index (κ1) is 32.5. The fraction of sp³-hybridized carbons (Fsp3) is 0.444. The highest BCUT2D eigenvalue weighted by Gasteiger charge is 2.35. The Morgan fingerprint density at radius 3 is 1.49 bits per heavy atom. The molecule has 3 aromatic carbocycles. The fourth-order valence-electron chi connectivity index (χ4n) is 5.53. The van der Waals surface area contributed by atoms with Gasteiger partial charge in [0.05, 0.1) is 21.1 Å². The molecule has 0 aliphatic rings. The standard InChI is InChI=1S/C36H47O4P/c1-9-11-13-17-39-30-15-16-32(31(23-30)40-18-14-12-10-2)41(35(37)33-26(5)19-24(3)20-27(33)6)36(38)34-28(7)21-25(4)22-29(34)8/h15-16,19-23H,9-14,17-18H2,1-8H3. The number of carbonyl (C=O) groups excluding carboxylic acids is 2. The quantitative estimate of drug-likeness (QED) is 0.134. The molecule has 0 aromatic heterocycles. The second-order valence-corrected chi connectivity index (χ2v) is 13.2. The third kappa shape index (κ3) is 8.29. The second-order valence-electron chi connectivity index (χ2n) is 11.2. The van der Waals surface area contributed by atoms with Crippen molar-refractivity contribution in [3.8, 4) is 11.5 Å². The van der Waals surface area contributed by atoms with E-state index in [2.05, 4.69) is 13.8 Å². The minimum Gasteiger partial charge on any atom is -0.493 e. The maximum atomic E-state index is 14.6. The maximum Gasteiger partial charge on any atom is 0.197 e. The molecule has 0 fully saturated rings. The summed E-state index contributed by atoms with van der Waals surface area (Å²) in [6.45, 7) is 17.4. The number of hydrogen-bond acceptors (Lipinski definition) is 4. The lowest BCUT2D eigenvalue weighted by molar-refractivity contribution is 0.105. The van der Waals surface area contributed by atoms with Crippen LogP contribution in [-0.2, 0) is 0 Å². The van der Waals surface area contributed by atoms with Crippen molar-refractivity contribution >= 4 is 24.3 Å². The molecule has 0 atom stereocenters. The van der Waals surface area contributed by atoms with Crippen molar-refractivity contribution in [1.29, 1.82) is 0 Å². The van der Waals surface area contributed by atoms with Crippen molar-refractivity contribution in [2.75, 3.05) is 13.2 Å². The van der Waals surface area contributed by atoms with Crippen LogP contribution < -0.4 is 14.8 Å². The predicted molar refractivity (Wildman–Crippen MR) is 173 cm³/mol. The third-order valence-electron chi connectivity index (χ3n) is 7.38. The van der Waals surface area contributed by atoms with Crippen LogP contribution in [0, 0.1) is 41.5 Å². The van der Waals surface area contributed by atoms with E-state index in [9.17, 15) is 9.59 Å². The van der Waals surface area contributed by atoms with E-state index in [4.69, 9.17) is 9.47 Å². The normalized spacial score (nSPS) is 11.1. The van der Waals surface area contributed by atoms with Gasteiger partial charge in [-0.15, -0.1) is 0 Å². The van der Waals surface area contributed by atoms with Gasteiger partial charge in [0.15, 0.2) is 11.0 Å². The molecule has 0 N–H and O–H groups in total. The van der Waals surface area contributed by atoms with Gasteiger partial charge < -0.3 is 9.47 Å². The molecular weight excluding hydrogens is 527 g/mol. The Kier molecular flexibility index (Phi) is 12.2. The van der Waals surface area contributed by atoms with E-state index in [0.29, 0.717) is 41.1 Å². The zero-order valence-corrected chi connectivity index (χ0v) is 27.2. The summed E-state index contributed by atoms with van der Waals surface area (Å²) in [5.74, 6) is 1.28. The lowest BCUT2D eigenvalue weighted by Gasteiger charge is -2.23. The number of benzene rings is 3. The van der Waals surface area contributed by atoms with E-state index in [0.717, 1.165) is 71.9 Å². The molecule has 3 rings (SSSR count). The highest BCUT2D eigenvalue weighted by Crippen LogP contribution is 2.47. The van der Waals surface area contributed by atoms with E-state index < -0.39 is 7.92 Å². The number of carbonyl (C=O) groups is 2. The van der Waals surface area contributed by atoms with E-state index >= 15 is 0 Å². The van der Waals surface area contributed by atoms with Crippen molar-refractivity contribution in [3.63, 3.8) is 0 Å². The fourth-order valence-corrected chi connectivity index (χ4v) is 7.88. The molecule has 0 bridgehead atoms. The molecule has 0 saturated heterocycles. The SMILES string of the molecule is CCCCCOc1ccc(P(C(=O)c2c(C)cc(C)cc2C)C(=O)c2c(C)cc(C)cc2C)c(OCCCCC)c1. The molecule has 0 amide bonds. The van der Waals surface area contributed by atoms with Crippen molar-refractivity contribution in [3.05, 3.63) is 87.0 Å². The largest absolute Gasteiger partial charge is 0.493 e. The average molecular weight is 575 g/mol. The van der Waals surface area contributed by atoms with Crippen LogP contribution in [-0.4, -0.2) is 24.3 Å². The van der Waals surface area contributed by atoms with Crippen molar-refractivity contribution in [2.24, 2.45) is 0 Å². The van der Waals surface area contributed by atoms with Gasteiger partial charge in [-0.1, -0.05) is 74.9 Å². The maximum absolute atomic E-state index is 14.6. The van der Waals surface area contributed by atoms with Gasteiger partial charge in [-0.2, -0.15) is 0 Å². The molecule has 0 unspecified atom stereocenters. The molecule has 0 heterocycles. The third-order valence-corrected chi connectivity index (χ3v) is 9.49. The molecule has 0 aliphatic heterocycles. The van der Waals surface area contributed by atoms with Gasteiger partial charge in [-0.25, -0.2) is 0 Å². The van der Waals surface area contributed by atoms with Gasteiger partial charge in [-0.05, 0) is 88.8 Å². The Bertz CT molecular complexity index is 1260. The second kappa shape index (κ2) is 15.3. The van der Waals surface area contributed by atoms with Gasteiger partial charge in [0, 0.05) is 22.5 Å². The summed E-state index contributed by atoms with van der Waals surface area (Å²) in [5, 5.41) is 0.658. The zero-order chi connectivity index (χ0) is 30.1. The smallest absolute Gasteiger partial charge is 0.197 e. The Balaban J connectivity index is 2.18. The van der Waals surface area contributed by atoms with Crippen molar-refractivity contribution in [2.45, 2.75) is 93.9 Å². The summed E-state index contributed by atoms with van der Waals surface area (Å²) in [4.78, 5) is 29.2. The molecule has 3 aromatic rings. The van der Waals surface area contributed by atoms with Gasteiger partial charge in [0.1, 0.15) is 11.5 Å². The summed E-state index contributed by atoms with van der Waals surface area (Å²) >= 11 is 0. The topological polar surface area (TPSA) is 52.6 Å². The van der Waals surface area contributed by atoms with Gasteiger partial charge in [-0.3, -0.25) is 9.59 Å². The molecule has 4 nitrogen and oxygen atoms in total. The van der Waals surface area contributed by atoms with E-state index in [1.165, 1.54) is 0 Å². The van der Waals surface area contributed by atoms with Crippen LogP contribution in [0.5, 0.6) is 11.5 Å². The zero-order valence-electron chi connectivity index (χ0n) is 26.3. The Labute approximate surface area is 248 Å². The lowest BCUT2D eigenvalue weighted by atomic mass is 10.0. The monoisotopic (exact) mass is 574 g/mol. The first-order valence-corrected chi connectivity index (χ1v) is 16.4. The number of hydrogen-bond donors (Lipinski definition) is 0. The summed E-state index contributed by atoms with van der Waals surface area (Å²) in [7, 11) is -1.95. The van der Waals surface area contributed by atoms with Gasteiger partial charge in [0.25, 0.3) is 0 Å². The van der Waals surface area contributed by atoms with Gasteiger partial charge in [0.2, 0.25) is 0 Å². The van der Waals surface area contributed by atoms with Crippen LogP contribution in [0.3, 0.4) is 0 Å².